The van der Waals surface area contributed by atoms with Crippen LogP contribution in [0.5, 0.6) is 0 Å². The molecule has 1 heterocycles. The monoisotopic (exact) mass is 612 g/mol. The Labute approximate surface area is 244 Å². The number of rotatable bonds is 11. The van der Waals surface area contributed by atoms with Gasteiger partial charge in [0.05, 0.1) is 21.4 Å². The molecule has 0 aliphatic heterocycles. The number of aromatic amines is 1. The number of hydrogen-bond acceptors (Lipinski definition) is 6. The number of aromatic nitrogens is 1. The Morgan fingerprint density at radius 1 is 0.878 bits per heavy atom. The summed E-state index contributed by atoms with van der Waals surface area (Å²) < 4.78 is 54.9. The maximum absolute atomic E-state index is 13.8. The fourth-order valence-electron chi connectivity index (χ4n) is 4.50. The van der Waals surface area contributed by atoms with Gasteiger partial charge in [0.15, 0.2) is 0 Å². The van der Waals surface area contributed by atoms with E-state index in [0.29, 0.717) is 40.8 Å². The molecule has 1 amide bonds. The summed E-state index contributed by atoms with van der Waals surface area (Å²) in [5.74, 6) is -0.568. The van der Waals surface area contributed by atoms with Crippen LogP contribution in [0.15, 0.2) is 75.4 Å². The number of sulfone groups is 1. The van der Waals surface area contributed by atoms with Crippen molar-refractivity contribution in [2.24, 2.45) is 0 Å². The minimum Gasteiger partial charge on any atom is -0.351 e. The van der Waals surface area contributed by atoms with Gasteiger partial charge in [-0.05, 0) is 92.4 Å². The fraction of sp³-hybridized carbons (Fsp3) is 0.241. The highest BCUT2D eigenvalue weighted by Crippen LogP contribution is 2.34. The van der Waals surface area contributed by atoms with E-state index in [0.717, 1.165) is 11.1 Å². The number of hydrogen-bond donors (Lipinski definition) is 3. The number of halogens is 1. The molecule has 0 saturated heterocycles. The van der Waals surface area contributed by atoms with Crippen LogP contribution in [0, 0.1) is 25.2 Å². The summed E-state index contributed by atoms with van der Waals surface area (Å²) in [7, 11) is -7.77. The van der Waals surface area contributed by atoms with Gasteiger partial charge in [-0.3, -0.25) is 4.79 Å². The van der Waals surface area contributed by atoms with Crippen molar-refractivity contribution in [3.05, 3.63) is 88.1 Å². The number of sulfonamides is 1. The third-order valence-electron chi connectivity index (χ3n) is 6.44. The number of amides is 1. The summed E-state index contributed by atoms with van der Waals surface area (Å²) in [6.07, 6.45) is 1.70. The number of benzene rings is 3. The van der Waals surface area contributed by atoms with Crippen LogP contribution in [0.25, 0.3) is 10.9 Å². The van der Waals surface area contributed by atoms with Crippen LogP contribution in [0.2, 0.25) is 5.02 Å². The second kappa shape index (κ2) is 12.4. The normalized spacial score (nSPS) is 11.9. The van der Waals surface area contributed by atoms with E-state index in [-0.39, 0.29) is 33.5 Å². The predicted molar refractivity (Wildman–Crippen MR) is 157 cm³/mol. The maximum atomic E-state index is 13.8. The molecule has 4 aromatic rings. The lowest BCUT2D eigenvalue weighted by Crippen LogP contribution is -2.27. The minimum absolute atomic E-state index is 0.0726. The lowest BCUT2D eigenvalue weighted by Gasteiger charge is -2.10. The third kappa shape index (κ3) is 6.97. The lowest BCUT2D eigenvalue weighted by molar-refractivity contribution is 0.0945. The molecule has 12 heteroatoms. The number of aryl methyl sites for hydroxylation is 2. The Kier molecular flexibility index (Phi) is 9.19. The van der Waals surface area contributed by atoms with E-state index < -0.39 is 25.8 Å². The molecule has 214 valence electrons. The van der Waals surface area contributed by atoms with E-state index in [4.69, 9.17) is 16.9 Å². The molecule has 41 heavy (non-hydrogen) atoms. The highest BCUT2D eigenvalue weighted by Gasteiger charge is 2.30. The maximum Gasteiger partial charge on any atom is 0.269 e. The zero-order chi connectivity index (χ0) is 29.8. The predicted octanol–water partition coefficient (Wildman–Crippen LogP) is 5.02. The largest absolute Gasteiger partial charge is 0.351 e. The lowest BCUT2D eigenvalue weighted by atomic mass is 10.2. The van der Waals surface area contributed by atoms with Crippen molar-refractivity contribution in [3.8, 4) is 6.07 Å². The molecule has 9 nitrogen and oxygen atoms in total. The second-order valence-corrected chi connectivity index (χ2v) is 13.8. The highest BCUT2D eigenvalue weighted by molar-refractivity contribution is 7.91. The Bertz CT molecular complexity index is 1840. The van der Waals surface area contributed by atoms with Gasteiger partial charge in [-0.15, -0.1) is 0 Å². The van der Waals surface area contributed by atoms with Crippen LogP contribution in [0.4, 0.5) is 0 Å². The van der Waals surface area contributed by atoms with Gasteiger partial charge in [0.25, 0.3) is 5.91 Å². The number of carbonyl (C=O) groups is 1. The SMILES string of the molecule is Cc1cc(C)cc(S(=O)(=O)c2c(C(=O)NCCCCCNS(=O)(=O)c3ccc(C#N)cc3)[nH]c3ccc(Cl)cc23)c1. The molecular formula is C29H29ClN4O5S2. The molecule has 3 aromatic carbocycles. The highest BCUT2D eigenvalue weighted by atomic mass is 35.5. The van der Waals surface area contributed by atoms with Crippen molar-refractivity contribution in [1.29, 1.82) is 5.26 Å². The van der Waals surface area contributed by atoms with Gasteiger partial charge in [-0.2, -0.15) is 5.26 Å². The van der Waals surface area contributed by atoms with E-state index in [2.05, 4.69) is 15.0 Å². The standard InChI is InChI=1S/C29H29ClN4O5S2/c1-19-14-20(2)16-24(15-19)40(36,37)28-25-17-22(30)8-11-26(25)34-27(28)29(35)32-12-4-3-5-13-33-41(38,39)23-9-6-21(18-31)7-10-23/h6-11,14-17,33-34H,3-5,12-13H2,1-2H3,(H,32,35). The first-order valence-corrected chi connectivity index (χ1v) is 16.2. The van der Waals surface area contributed by atoms with Crippen LogP contribution in [0.3, 0.4) is 0 Å². The second-order valence-electron chi connectivity index (χ2n) is 9.70. The summed E-state index contributed by atoms with van der Waals surface area (Å²) in [4.78, 5) is 16.2. The minimum atomic E-state index is -4.07. The molecule has 1 aromatic heterocycles. The molecule has 0 fully saturated rings. The Balaban J connectivity index is 1.40. The van der Waals surface area contributed by atoms with Gasteiger partial charge < -0.3 is 10.3 Å². The number of nitrogens with zero attached hydrogens (tertiary/aromatic N) is 1. The first kappa shape index (κ1) is 30.3. The summed E-state index contributed by atoms with van der Waals surface area (Å²) in [5, 5.41) is 12.3. The van der Waals surface area contributed by atoms with Gasteiger partial charge >= 0.3 is 0 Å². The first-order valence-electron chi connectivity index (χ1n) is 12.8. The van der Waals surface area contributed by atoms with Crippen LogP contribution in [-0.2, 0) is 19.9 Å². The van der Waals surface area contributed by atoms with Crippen molar-refractivity contribution in [1.82, 2.24) is 15.0 Å². The summed E-state index contributed by atoms with van der Waals surface area (Å²) >= 11 is 6.18. The summed E-state index contributed by atoms with van der Waals surface area (Å²) in [6, 6.07) is 17.4. The van der Waals surface area contributed by atoms with Crippen molar-refractivity contribution in [2.45, 2.75) is 47.8 Å². The molecule has 3 N–H and O–H groups in total. The third-order valence-corrected chi connectivity index (χ3v) is 9.97. The van der Waals surface area contributed by atoms with Crippen LogP contribution < -0.4 is 10.0 Å². The molecule has 4 rings (SSSR count). The molecule has 0 aliphatic rings. The Morgan fingerprint density at radius 2 is 1.54 bits per heavy atom. The Hall–Kier alpha value is -3.69. The number of H-pyrrole nitrogens is 1. The summed E-state index contributed by atoms with van der Waals surface area (Å²) in [6.45, 7) is 4.09. The smallest absolute Gasteiger partial charge is 0.269 e. The Morgan fingerprint density at radius 3 is 2.20 bits per heavy atom. The van der Waals surface area contributed by atoms with E-state index >= 15 is 0 Å². The quantitative estimate of drug-likeness (QED) is 0.202. The average Bonchev–Trinajstić information content (AvgIpc) is 3.31. The number of unbranched alkanes of at least 4 members (excludes halogenated alkanes) is 2. The molecule has 0 aliphatic carbocycles. The van der Waals surface area contributed by atoms with E-state index in [1.165, 1.54) is 30.3 Å². The zero-order valence-electron chi connectivity index (χ0n) is 22.5. The number of nitriles is 1. The molecule has 0 bridgehead atoms. The molecule has 0 radical (unpaired) electrons. The van der Waals surface area contributed by atoms with E-state index in [1.807, 2.05) is 26.0 Å². The summed E-state index contributed by atoms with van der Waals surface area (Å²) in [5.41, 5.74) is 2.34. The van der Waals surface area contributed by atoms with Crippen LogP contribution in [0.1, 0.15) is 46.4 Å². The van der Waals surface area contributed by atoms with Crippen molar-refractivity contribution < 1.29 is 21.6 Å². The van der Waals surface area contributed by atoms with E-state index in [1.54, 1.807) is 24.3 Å². The molecule has 0 atom stereocenters. The van der Waals surface area contributed by atoms with Crippen molar-refractivity contribution >= 4 is 48.3 Å². The van der Waals surface area contributed by atoms with Gasteiger partial charge in [0.2, 0.25) is 19.9 Å². The van der Waals surface area contributed by atoms with Gasteiger partial charge in [-0.25, -0.2) is 21.6 Å². The molecule has 0 unspecified atom stereocenters. The van der Waals surface area contributed by atoms with Crippen molar-refractivity contribution in [3.63, 3.8) is 0 Å². The van der Waals surface area contributed by atoms with Gasteiger partial charge in [-0.1, -0.05) is 24.1 Å². The number of carbonyl (C=O) groups excluding carboxylic acids is 1. The zero-order valence-corrected chi connectivity index (χ0v) is 24.9. The molecule has 0 spiro atoms. The van der Waals surface area contributed by atoms with Crippen LogP contribution in [-0.4, -0.2) is 40.8 Å². The fourth-order valence-corrected chi connectivity index (χ4v) is 7.53. The van der Waals surface area contributed by atoms with E-state index in [9.17, 15) is 21.6 Å². The topological polar surface area (TPSA) is 149 Å². The van der Waals surface area contributed by atoms with Gasteiger partial charge in [0.1, 0.15) is 10.6 Å². The van der Waals surface area contributed by atoms with Gasteiger partial charge in [0, 0.05) is 29.0 Å². The molecular weight excluding hydrogens is 584 g/mol. The van der Waals surface area contributed by atoms with Crippen molar-refractivity contribution in [2.75, 3.05) is 13.1 Å². The first-order chi connectivity index (χ1) is 19.4. The van der Waals surface area contributed by atoms with Crippen LogP contribution >= 0.6 is 11.6 Å². The number of fused-ring (bicyclic) bond motifs is 1. The molecule has 0 saturated carbocycles. The average molecular weight is 613 g/mol. The number of nitrogens with one attached hydrogen (secondary N) is 3.